The fourth-order valence-corrected chi connectivity index (χ4v) is 1.80. The summed E-state index contributed by atoms with van der Waals surface area (Å²) in [7, 11) is 0. The minimum absolute atomic E-state index is 0.0248. The number of hydrogen-bond donors (Lipinski definition) is 2. The number of anilines is 1. The molecule has 0 radical (unpaired) electrons. The van der Waals surface area contributed by atoms with E-state index in [1.807, 2.05) is 42.5 Å². The highest BCUT2D eigenvalue weighted by Gasteiger charge is 2.04. The predicted molar refractivity (Wildman–Crippen MR) is 79.5 cm³/mol. The zero-order valence-corrected chi connectivity index (χ0v) is 11.2. The van der Waals surface area contributed by atoms with Crippen LogP contribution in [0, 0.1) is 0 Å². The smallest absolute Gasteiger partial charge is 0.257 e. The average Bonchev–Trinajstić information content (AvgIpc) is 2.47. The summed E-state index contributed by atoms with van der Waals surface area (Å²) in [6, 6.07) is 17.1. The van der Waals surface area contributed by atoms with Gasteiger partial charge in [-0.25, -0.2) is 0 Å². The summed E-state index contributed by atoms with van der Waals surface area (Å²) >= 11 is 0. The largest absolute Gasteiger partial charge is 0.482 e. The number of rotatable bonds is 6. The lowest BCUT2D eigenvalue weighted by molar-refractivity contribution is -0.123. The van der Waals surface area contributed by atoms with E-state index in [-0.39, 0.29) is 12.5 Å². The maximum atomic E-state index is 11.6. The fraction of sp³-hybridized carbons (Fsp3) is 0.188. The highest BCUT2D eigenvalue weighted by Crippen LogP contribution is 2.19. The van der Waals surface area contributed by atoms with Gasteiger partial charge in [-0.1, -0.05) is 42.5 Å². The van der Waals surface area contributed by atoms with Crippen molar-refractivity contribution < 1.29 is 9.53 Å². The number of amides is 1. The molecule has 2 aromatic carbocycles. The van der Waals surface area contributed by atoms with Gasteiger partial charge < -0.3 is 15.8 Å². The van der Waals surface area contributed by atoms with Crippen molar-refractivity contribution in [2.75, 3.05) is 18.9 Å². The molecular weight excluding hydrogens is 252 g/mol. The first-order valence-electron chi connectivity index (χ1n) is 6.53. The molecule has 2 rings (SSSR count). The first-order chi connectivity index (χ1) is 9.75. The van der Waals surface area contributed by atoms with Gasteiger partial charge >= 0.3 is 0 Å². The van der Waals surface area contributed by atoms with Crippen molar-refractivity contribution in [1.29, 1.82) is 0 Å². The van der Waals surface area contributed by atoms with E-state index in [9.17, 15) is 4.79 Å². The van der Waals surface area contributed by atoms with Gasteiger partial charge in [0.1, 0.15) is 5.75 Å². The Morgan fingerprint density at radius 3 is 2.50 bits per heavy atom. The number of carbonyl (C=O) groups excluding carboxylic acids is 1. The Morgan fingerprint density at radius 1 is 1.05 bits per heavy atom. The van der Waals surface area contributed by atoms with Crippen LogP contribution in [-0.4, -0.2) is 19.1 Å². The molecule has 0 spiro atoms. The van der Waals surface area contributed by atoms with Crippen molar-refractivity contribution >= 4 is 11.6 Å². The Morgan fingerprint density at radius 2 is 1.75 bits per heavy atom. The number of hydrogen-bond acceptors (Lipinski definition) is 3. The first kappa shape index (κ1) is 13.9. The predicted octanol–water partition coefficient (Wildman–Crippen LogP) is 2.01. The second kappa shape index (κ2) is 7.19. The number of nitrogen functional groups attached to an aromatic ring is 1. The Hall–Kier alpha value is -2.49. The Bertz CT molecular complexity index is 555. The number of para-hydroxylation sites is 2. The van der Waals surface area contributed by atoms with Crippen LogP contribution in [0.25, 0.3) is 0 Å². The molecule has 4 nitrogen and oxygen atoms in total. The highest BCUT2D eigenvalue weighted by molar-refractivity contribution is 5.77. The van der Waals surface area contributed by atoms with Gasteiger partial charge in [0.15, 0.2) is 6.61 Å². The summed E-state index contributed by atoms with van der Waals surface area (Å²) in [6.07, 6.45) is 0.806. The SMILES string of the molecule is Nc1ccccc1OCC(=O)NCCc1ccccc1. The molecule has 0 aliphatic carbocycles. The minimum atomic E-state index is -0.149. The summed E-state index contributed by atoms with van der Waals surface area (Å²) in [5.74, 6) is 0.384. The fourth-order valence-electron chi connectivity index (χ4n) is 1.80. The normalized spacial score (nSPS) is 10.0. The molecule has 0 unspecified atom stereocenters. The lowest BCUT2D eigenvalue weighted by Crippen LogP contribution is -2.30. The van der Waals surface area contributed by atoms with E-state index in [1.54, 1.807) is 12.1 Å². The van der Waals surface area contributed by atoms with Gasteiger partial charge in [-0.3, -0.25) is 4.79 Å². The zero-order valence-electron chi connectivity index (χ0n) is 11.2. The van der Waals surface area contributed by atoms with Crippen LogP contribution < -0.4 is 15.8 Å². The van der Waals surface area contributed by atoms with Crippen LogP contribution in [0.2, 0.25) is 0 Å². The zero-order chi connectivity index (χ0) is 14.2. The number of ether oxygens (including phenoxy) is 1. The Balaban J connectivity index is 1.70. The van der Waals surface area contributed by atoms with Crippen molar-refractivity contribution in [3.63, 3.8) is 0 Å². The summed E-state index contributed by atoms with van der Waals surface area (Å²) in [4.78, 5) is 11.6. The van der Waals surface area contributed by atoms with Gasteiger partial charge in [-0.2, -0.15) is 0 Å². The maximum absolute atomic E-state index is 11.6. The maximum Gasteiger partial charge on any atom is 0.257 e. The molecule has 0 bridgehead atoms. The van der Waals surface area contributed by atoms with E-state index < -0.39 is 0 Å². The van der Waals surface area contributed by atoms with Crippen LogP contribution in [0.4, 0.5) is 5.69 Å². The molecule has 0 heterocycles. The third-order valence-corrected chi connectivity index (χ3v) is 2.86. The van der Waals surface area contributed by atoms with Crippen LogP contribution in [-0.2, 0) is 11.2 Å². The Kier molecular flexibility index (Phi) is 5.00. The highest BCUT2D eigenvalue weighted by atomic mass is 16.5. The molecule has 0 saturated heterocycles. The molecule has 1 amide bonds. The lowest BCUT2D eigenvalue weighted by atomic mass is 10.1. The van der Waals surface area contributed by atoms with E-state index in [1.165, 1.54) is 5.56 Å². The van der Waals surface area contributed by atoms with E-state index in [4.69, 9.17) is 10.5 Å². The molecule has 0 atom stereocenters. The van der Waals surface area contributed by atoms with Gasteiger partial charge in [0, 0.05) is 6.54 Å². The quantitative estimate of drug-likeness (QED) is 0.789. The summed E-state index contributed by atoms with van der Waals surface area (Å²) in [5.41, 5.74) is 7.45. The molecule has 0 fully saturated rings. The van der Waals surface area contributed by atoms with Gasteiger partial charge in [0.2, 0.25) is 0 Å². The monoisotopic (exact) mass is 270 g/mol. The summed E-state index contributed by atoms with van der Waals surface area (Å²) in [5, 5.41) is 2.82. The van der Waals surface area contributed by atoms with Crippen molar-refractivity contribution in [1.82, 2.24) is 5.32 Å². The molecule has 0 aliphatic rings. The first-order valence-corrected chi connectivity index (χ1v) is 6.53. The van der Waals surface area contributed by atoms with Crippen molar-refractivity contribution in [3.05, 3.63) is 60.2 Å². The molecule has 0 aromatic heterocycles. The van der Waals surface area contributed by atoms with Crippen LogP contribution in [0.3, 0.4) is 0 Å². The van der Waals surface area contributed by atoms with E-state index in [0.29, 0.717) is 18.0 Å². The van der Waals surface area contributed by atoms with Crippen molar-refractivity contribution in [3.8, 4) is 5.75 Å². The number of benzene rings is 2. The number of nitrogens with one attached hydrogen (secondary N) is 1. The van der Waals surface area contributed by atoms with Crippen LogP contribution in [0.15, 0.2) is 54.6 Å². The van der Waals surface area contributed by atoms with Gasteiger partial charge in [-0.15, -0.1) is 0 Å². The Labute approximate surface area is 118 Å². The van der Waals surface area contributed by atoms with Gasteiger partial charge in [0.05, 0.1) is 5.69 Å². The topological polar surface area (TPSA) is 64.3 Å². The molecule has 104 valence electrons. The molecule has 0 saturated carbocycles. The molecule has 4 heteroatoms. The third kappa shape index (κ3) is 4.31. The van der Waals surface area contributed by atoms with E-state index in [0.717, 1.165) is 6.42 Å². The minimum Gasteiger partial charge on any atom is -0.482 e. The molecule has 3 N–H and O–H groups in total. The lowest BCUT2D eigenvalue weighted by Gasteiger charge is -2.09. The molecule has 0 aliphatic heterocycles. The third-order valence-electron chi connectivity index (χ3n) is 2.86. The van der Waals surface area contributed by atoms with Crippen LogP contribution in [0.5, 0.6) is 5.75 Å². The van der Waals surface area contributed by atoms with Gasteiger partial charge in [-0.05, 0) is 24.1 Å². The summed E-state index contributed by atoms with van der Waals surface area (Å²) < 4.78 is 5.36. The van der Waals surface area contributed by atoms with Crippen LogP contribution >= 0.6 is 0 Å². The second-order valence-electron chi connectivity index (χ2n) is 4.41. The van der Waals surface area contributed by atoms with Crippen LogP contribution in [0.1, 0.15) is 5.56 Å². The molecule has 2 aromatic rings. The van der Waals surface area contributed by atoms with Crippen molar-refractivity contribution in [2.45, 2.75) is 6.42 Å². The van der Waals surface area contributed by atoms with E-state index in [2.05, 4.69) is 5.32 Å². The average molecular weight is 270 g/mol. The standard InChI is InChI=1S/C16H18N2O2/c17-14-8-4-5-9-15(14)20-12-16(19)18-11-10-13-6-2-1-3-7-13/h1-9H,10-12,17H2,(H,18,19). The summed E-state index contributed by atoms with van der Waals surface area (Å²) in [6.45, 7) is 0.569. The number of carbonyl (C=O) groups is 1. The second-order valence-corrected chi connectivity index (χ2v) is 4.41. The number of nitrogens with two attached hydrogens (primary N) is 1. The van der Waals surface area contributed by atoms with Crippen molar-refractivity contribution in [2.24, 2.45) is 0 Å². The molecule has 20 heavy (non-hydrogen) atoms. The van der Waals surface area contributed by atoms with E-state index >= 15 is 0 Å². The molecular formula is C16H18N2O2. The van der Waals surface area contributed by atoms with Gasteiger partial charge in [0.25, 0.3) is 5.91 Å².